The summed E-state index contributed by atoms with van der Waals surface area (Å²) in [7, 11) is 1.31. The molecule has 9 nitrogen and oxygen atoms in total. The highest BCUT2D eigenvalue weighted by atomic mass is 16.6. The fourth-order valence-corrected chi connectivity index (χ4v) is 4.94. The topological polar surface area (TPSA) is 119 Å². The van der Waals surface area contributed by atoms with E-state index in [2.05, 4.69) is 5.32 Å². The fraction of sp³-hybridized carbons (Fsp3) is 0.300. The van der Waals surface area contributed by atoms with Crippen LogP contribution in [-0.4, -0.2) is 53.8 Å². The molecule has 0 unspecified atom stereocenters. The lowest BCUT2D eigenvalue weighted by molar-refractivity contribution is -0.384. The van der Waals surface area contributed by atoms with Gasteiger partial charge in [0.05, 0.1) is 24.4 Å². The molecule has 1 aliphatic rings. The van der Waals surface area contributed by atoms with E-state index in [-0.39, 0.29) is 36.5 Å². The zero-order valence-corrected chi connectivity index (χ0v) is 21.7. The number of ether oxygens (including phenoxy) is 1. The van der Waals surface area contributed by atoms with Crippen LogP contribution in [-0.2, 0) is 20.7 Å². The van der Waals surface area contributed by atoms with Crippen LogP contribution in [0.1, 0.15) is 35.2 Å². The SMILES string of the molecule is COC(=O)C[C@@H]1C[C@@H](CNC(=O)c2ccc(-c3cccc([N+](=O)[O-])c3)cc2)N(CCCc2ccccc2)C1=O. The molecular formula is C30H31N3O6. The summed E-state index contributed by atoms with van der Waals surface area (Å²) >= 11 is 0. The molecule has 0 bridgehead atoms. The van der Waals surface area contributed by atoms with Crippen molar-refractivity contribution >= 4 is 23.5 Å². The molecule has 0 spiro atoms. The van der Waals surface area contributed by atoms with E-state index in [1.165, 1.54) is 24.8 Å². The minimum absolute atomic E-state index is 0.000689. The van der Waals surface area contributed by atoms with E-state index in [0.29, 0.717) is 24.1 Å². The van der Waals surface area contributed by atoms with Crippen molar-refractivity contribution < 1.29 is 24.0 Å². The number of carbonyl (C=O) groups is 3. The van der Waals surface area contributed by atoms with Crippen LogP contribution < -0.4 is 5.32 Å². The molecule has 1 fully saturated rings. The number of aryl methyl sites for hydroxylation is 1. The van der Waals surface area contributed by atoms with Crippen LogP contribution in [0.2, 0.25) is 0 Å². The Morgan fingerprint density at radius 3 is 2.46 bits per heavy atom. The lowest BCUT2D eigenvalue weighted by atomic mass is 10.0. The Hall–Kier alpha value is -4.53. The number of rotatable bonds is 11. The molecule has 3 aromatic carbocycles. The summed E-state index contributed by atoms with van der Waals surface area (Å²) in [5.41, 5.74) is 3.07. The summed E-state index contributed by atoms with van der Waals surface area (Å²) in [6, 6.07) is 22.9. The predicted octanol–water partition coefficient (Wildman–Crippen LogP) is 4.40. The number of amides is 2. The minimum Gasteiger partial charge on any atom is -0.469 e. The van der Waals surface area contributed by atoms with Crippen LogP contribution in [0.4, 0.5) is 5.69 Å². The number of likely N-dealkylation sites (tertiary alicyclic amines) is 1. The molecule has 1 saturated heterocycles. The molecule has 1 aliphatic heterocycles. The zero-order chi connectivity index (χ0) is 27.8. The third-order valence-corrected chi connectivity index (χ3v) is 7.01. The Kier molecular flexibility index (Phi) is 9.04. The Morgan fingerprint density at radius 1 is 1.03 bits per heavy atom. The Morgan fingerprint density at radius 2 is 1.77 bits per heavy atom. The number of nitrogens with zero attached hydrogens (tertiary/aromatic N) is 2. The number of esters is 1. The summed E-state index contributed by atoms with van der Waals surface area (Å²) in [5, 5.41) is 14.0. The van der Waals surface area contributed by atoms with Crippen LogP contribution in [0.3, 0.4) is 0 Å². The average Bonchev–Trinajstić information content (AvgIpc) is 3.25. The highest BCUT2D eigenvalue weighted by Gasteiger charge is 2.40. The van der Waals surface area contributed by atoms with Gasteiger partial charge in [-0.15, -0.1) is 0 Å². The van der Waals surface area contributed by atoms with Crippen molar-refractivity contribution in [2.45, 2.75) is 31.7 Å². The standard InChI is InChI=1S/C30H31N3O6/c1-39-28(34)19-25-18-27(32(30(25)36)16-6-9-21-7-3-2-4-8-21)20-31-29(35)23-14-12-22(13-15-23)24-10-5-11-26(17-24)33(37)38/h2-5,7-8,10-15,17,25,27H,6,9,16,18-20H2,1H3,(H,31,35)/t25-,27-/m0/s1. The highest BCUT2D eigenvalue weighted by molar-refractivity contribution is 5.95. The molecule has 0 aromatic heterocycles. The van der Waals surface area contributed by atoms with E-state index in [1.807, 2.05) is 30.3 Å². The van der Waals surface area contributed by atoms with Crippen LogP contribution in [0, 0.1) is 16.0 Å². The first-order chi connectivity index (χ1) is 18.9. The van der Waals surface area contributed by atoms with Gasteiger partial charge in [0, 0.05) is 36.8 Å². The number of hydrogen-bond donors (Lipinski definition) is 1. The van der Waals surface area contributed by atoms with Crippen molar-refractivity contribution in [3.05, 3.63) is 100 Å². The van der Waals surface area contributed by atoms with Gasteiger partial charge in [0.1, 0.15) is 0 Å². The summed E-state index contributed by atoms with van der Waals surface area (Å²) in [6.45, 7) is 0.796. The Labute approximate surface area is 226 Å². The van der Waals surface area contributed by atoms with Gasteiger partial charge >= 0.3 is 5.97 Å². The molecule has 0 saturated carbocycles. The van der Waals surface area contributed by atoms with Crippen molar-refractivity contribution in [2.75, 3.05) is 20.2 Å². The lowest BCUT2D eigenvalue weighted by Crippen LogP contribution is -2.42. The number of benzene rings is 3. The van der Waals surface area contributed by atoms with Crippen LogP contribution >= 0.6 is 0 Å². The first kappa shape index (κ1) is 27.5. The normalized spacial score (nSPS) is 16.6. The smallest absolute Gasteiger partial charge is 0.306 e. The summed E-state index contributed by atoms with van der Waals surface area (Å²) in [6.07, 6.45) is 2.08. The maximum atomic E-state index is 13.1. The predicted molar refractivity (Wildman–Crippen MR) is 146 cm³/mol. The molecule has 2 atom stereocenters. The van der Waals surface area contributed by atoms with Gasteiger partial charge in [-0.1, -0.05) is 54.6 Å². The van der Waals surface area contributed by atoms with E-state index >= 15 is 0 Å². The number of nitro groups is 1. The molecule has 4 rings (SSSR count). The molecule has 2 amide bonds. The highest BCUT2D eigenvalue weighted by Crippen LogP contribution is 2.28. The van der Waals surface area contributed by atoms with Gasteiger partial charge in [-0.3, -0.25) is 24.5 Å². The maximum absolute atomic E-state index is 13.1. The number of non-ortho nitro benzene ring substituents is 1. The molecule has 0 radical (unpaired) electrons. The van der Waals surface area contributed by atoms with Crippen molar-refractivity contribution in [3.63, 3.8) is 0 Å². The second-order valence-corrected chi connectivity index (χ2v) is 9.58. The third kappa shape index (κ3) is 7.07. The van der Waals surface area contributed by atoms with Crippen molar-refractivity contribution in [1.82, 2.24) is 10.2 Å². The Balaban J connectivity index is 1.38. The van der Waals surface area contributed by atoms with Gasteiger partial charge in [0.2, 0.25) is 5.91 Å². The van der Waals surface area contributed by atoms with Gasteiger partial charge in [-0.2, -0.15) is 0 Å². The largest absolute Gasteiger partial charge is 0.469 e. The first-order valence-electron chi connectivity index (χ1n) is 12.9. The number of methoxy groups -OCH3 is 1. The molecule has 9 heteroatoms. The molecule has 202 valence electrons. The number of nitrogens with one attached hydrogen (secondary N) is 1. The van der Waals surface area contributed by atoms with Crippen LogP contribution in [0.25, 0.3) is 11.1 Å². The molecule has 1 heterocycles. The Bertz CT molecular complexity index is 1330. The second-order valence-electron chi connectivity index (χ2n) is 9.58. The molecule has 1 N–H and O–H groups in total. The summed E-state index contributed by atoms with van der Waals surface area (Å²) in [4.78, 5) is 50.3. The number of hydrogen-bond acceptors (Lipinski definition) is 6. The van der Waals surface area contributed by atoms with E-state index < -0.39 is 16.8 Å². The number of carbonyl (C=O) groups excluding carboxylic acids is 3. The molecule has 3 aromatic rings. The van der Waals surface area contributed by atoms with Crippen molar-refractivity contribution in [3.8, 4) is 11.1 Å². The van der Waals surface area contributed by atoms with E-state index in [0.717, 1.165) is 18.4 Å². The van der Waals surface area contributed by atoms with Gasteiger partial charge in [0.25, 0.3) is 11.6 Å². The van der Waals surface area contributed by atoms with Gasteiger partial charge in [-0.05, 0) is 48.1 Å². The zero-order valence-electron chi connectivity index (χ0n) is 21.7. The quantitative estimate of drug-likeness (QED) is 0.223. The monoisotopic (exact) mass is 529 g/mol. The summed E-state index contributed by atoms with van der Waals surface area (Å²) in [5.74, 6) is -1.26. The minimum atomic E-state index is -0.467. The van der Waals surface area contributed by atoms with Gasteiger partial charge in [-0.25, -0.2) is 0 Å². The molecule has 39 heavy (non-hydrogen) atoms. The number of nitro benzene ring substituents is 1. The third-order valence-electron chi connectivity index (χ3n) is 7.01. The fourth-order valence-electron chi connectivity index (χ4n) is 4.94. The summed E-state index contributed by atoms with van der Waals surface area (Å²) < 4.78 is 4.77. The van der Waals surface area contributed by atoms with Crippen LogP contribution in [0.15, 0.2) is 78.9 Å². The van der Waals surface area contributed by atoms with Gasteiger partial charge in [0.15, 0.2) is 0 Å². The first-order valence-corrected chi connectivity index (χ1v) is 12.9. The maximum Gasteiger partial charge on any atom is 0.306 e. The second kappa shape index (κ2) is 12.8. The van der Waals surface area contributed by atoms with Crippen LogP contribution in [0.5, 0.6) is 0 Å². The van der Waals surface area contributed by atoms with E-state index in [4.69, 9.17) is 4.74 Å². The van der Waals surface area contributed by atoms with E-state index in [9.17, 15) is 24.5 Å². The average molecular weight is 530 g/mol. The van der Waals surface area contributed by atoms with Crippen molar-refractivity contribution in [1.29, 1.82) is 0 Å². The molecular weight excluding hydrogens is 498 g/mol. The van der Waals surface area contributed by atoms with Crippen molar-refractivity contribution in [2.24, 2.45) is 5.92 Å². The lowest BCUT2D eigenvalue weighted by Gasteiger charge is -2.25. The van der Waals surface area contributed by atoms with E-state index in [1.54, 1.807) is 41.3 Å². The molecule has 0 aliphatic carbocycles. The van der Waals surface area contributed by atoms with Gasteiger partial charge < -0.3 is 15.0 Å².